The molecule has 2 aromatic heterocycles. The second-order valence-corrected chi connectivity index (χ2v) is 6.78. The maximum Gasteiger partial charge on any atom is 0.375 e. The van der Waals surface area contributed by atoms with Crippen LogP contribution >= 0.6 is 22.7 Å². The fourth-order valence-corrected chi connectivity index (χ4v) is 3.63. The number of thiazole rings is 1. The molecule has 0 aliphatic heterocycles. The summed E-state index contributed by atoms with van der Waals surface area (Å²) in [6.45, 7) is 3.75. The summed E-state index contributed by atoms with van der Waals surface area (Å²) < 4.78 is 0. The smallest absolute Gasteiger partial charge is 0.312 e. The van der Waals surface area contributed by atoms with Crippen molar-refractivity contribution in [2.24, 2.45) is 5.16 Å². The lowest BCUT2D eigenvalue weighted by atomic mass is 10.2. The van der Waals surface area contributed by atoms with Crippen LogP contribution in [0.15, 0.2) is 53.0 Å². The molecule has 0 saturated carbocycles. The molecule has 0 radical (unpaired) electrons. The number of aromatic nitrogens is 1. The Labute approximate surface area is 142 Å². The average molecular weight is 342 g/mol. The van der Waals surface area contributed by atoms with Crippen LogP contribution in [-0.2, 0) is 4.84 Å². The van der Waals surface area contributed by atoms with Gasteiger partial charge in [0.25, 0.3) is 0 Å². The van der Waals surface area contributed by atoms with E-state index in [1.54, 1.807) is 12.1 Å². The molecule has 0 atom stereocenters. The Hall–Kier alpha value is -2.31. The minimum Gasteiger partial charge on any atom is -0.312 e. The molecular formula is C17H14N2O2S2. The molecule has 2 heterocycles. The van der Waals surface area contributed by atoms with E-state index in [-0.39, 0.29) is 0 Å². The van der Waals surface area contributed by atoms with E-state index in [0.717, 1.165) is 21.1 Å². The van der Waals surface area contributed by atoms with Gasteiger partial charge in [-0.15, -0.1) is 22.7 Å². The van der Waals surface area contributed by atoms with Crippen LogP contribution in [0.25, 0.3) is 10.6 Å². The van der Waals surface area contributed by atoms with Gasteiger partial charge < -0.3 is 4.84 Å². The Morgan fingerprint density at radius 2 is 1.96 bits per heavy atom. The Morgan fingerprint density at radius 1 is 1.17 bits per heavy atom. The maximum atomic E-state index is 11.8. The average Bonchev–Trinajstić information content (AvgIpc) is 3.23. The maximum absolute atomic E-state index is 11.8. The number of oxime groups is 1. The third-order valence-corrected chi connectivity index (χ3v) is 5.30. The lowest BCUT2D eigenvalue weighted by molar-refractivity contribution is 0.0522. The third kappa shape index (κ3) is 3.55. The number of rotatable bonds is 4. The number of hydrogen-bond donors (Lipinski definition) is 0. The summed E-state index contributed by atoms with van der Waals surface area (Å²) in [6, 6.07) is 13.5. The zero-order chi connectivity index (χ0) is 16.2. The molecule has 0 unspecified atom stereocenters. The second kappa shape index (κ2) is 6.85. The van der Waals surface area contributed by atoms with E-state index in [1.165, 1.54) is 22.7 Å². The lowest BCUT2D eigenvalue weighted by Gasteiger charge is -1.98. The van der Waals surface area contributed by atoms with Gasteiger partial charge in [-0.3, -0.25) is 0 Å². The predicted octanol–water partition coefficient (Wildman–Crippen LogP) is 4.76. The highest BCUT2D eigenvalue weighted by Gasteiger charge is 2.13. The van der Waals surface area contributed by atoms with Crippen LogP contribution in [0, 0.1) is 6.92 Å². The van der Waals surface area contributed by atoms with E-state index < -0.39 is 5.97 Å². The Morgan fingerprint density at radius 3 is 2.65 bits per heavy atom. The highest BCUT2D eigenvalue weighted by molar-refractivity contribution is 7.17. The van der Waals surface area contributed by atoms with Crippen LogP contribution < -0.4 is 0 Å². The van der Waals surface area contributed by atoms with Crippen molar-refractivity contribution in [2.75, 3.05) is 0 Å². The van der Waals surface area contributed by atoms with Crippen LogP contribution in [0.3, 0.4) is 0 Å². The molecule has 0 spiro atoms. The van der Waals surface area contributed by atoms with Gasteiger partial charge in [-0.1, -0.05) is 41.6 Å². The van der Waals surface area contributed by atoms with Crippen LogP contribution in [0.2, 0.25) is 0 Å². The lowest BCUT2D eigenvalue weighted by Crippen LogP contribution is -2.02. The summed E-state index contributed by atoms with van der Waals surface area (Å²) in [6.07, 6.45) is 0. The van der Waals surface area contributed by atoms with E-state index in [2.05, 4.69) is 10.1 Å². The summed E-state index contributed by atoms with van der Waals surface area (Å²) in [5.74, 6) is -0.440. The van der Waals surface area contributed by atoms with Crippen molar-refractivity contribution in [3.8, 4) is 10.6 Å². The second-order valence-electron chi connectivity index (χ2n) is 4.83. The van der Waals surface area contributed by atoms with Gasteiger partial charge >= 0.3 is 5.97 Å². The third-order valence-electron chi connectivity index (χ3n) is 3.13. The normalized spacial score (nSPS) is 11.5. The van der Waals surface area contributed by atoms with Crippen molar-refractivity contribution in [3.05, 3.63) is 63.3 Å². The van der Waals surface area contributed by atoms with Crippen molar-refractivity contribution in [3.63, 3.8) is 0 Å². The number of nitrogens with zero attached hydrogens (tertiary/aromatic N) is 2. The molecule has 0 fully saturated rings. The van der Waals surface area contributed by atoms with Gasteiger partial charge in [0.15, 0.2) is 0 Å². The monoisotopic (exact) mass is 342 g/mol. The standard InChI is InChI=1S/C17H14N2O2S2/c1-11-15(23-16(18-11)13-7-4-3-5-8-13)12(2)19-21-17(20)14-9-6-10-22-14/h3-10H,1-2H3. The van der Waals surface area contributed by atoms with Gasteiger partial charge in [0.1, 0.15) is 9.88 Å². The number of benzene rings is 1. The van der Waals surface area contributed by atoms with Gasteiger partial charge in [0.05, 0.1) is 16.3 Å². The highest BCUT2D eigenvalue weighted by atomic mass is 32.1. The van der Waals surface area contributed by atoms with E-state index in [4.69, 9.17) is 4.84 Å². The molecule has 0 amide bonds. The number of carbonyl (C=O) groups is 1. The van der Waals surface area contributed by atoms with E-state index in [9.17, 15) is 4.79 Å². The molecule has 0 aliphatic carbocycles. The van der Waals surface area contributed by atoms with Crippen LogP contribution in [0.5, 0.6) is 0 Å². The first-order valence-corrected chi connectivity index (χ1v) is 8.67. The van der Waals surface area contributed by atoms with Gasteiger partial charge in [-0.25, -0.2) is 9.78 Å². The SMILES string of the molecule is CC(=NOC(=O)c1cccs1)c1sc(-c2ccccc2)nc1C. The number of aryl methyl sites for hydroxylation is 1. The molecule has 6 heteroatoms. The fourth-order valence-electron chi connectivity index (χ4n) is 2.03. The Kier molecular flexibility index (Phi) is 4.64. The number of thiophene rings is 1. The van der Waals surface area contributed by atoms with Gasteiger partial charge in [-0.2, -0.15) is 0 Å². The van der Waals surface area contributed by atoms with Crippen LogP contribution in [0.1, 0.15) is 27.2 Å². The molecule has 4 nitrogen and oxygen atoms in total. The summed E-state index contributed by atoms with van der Waals surface area (Å²) in [5.41, 5.74) is 2.59. The Bertz CT molecular complexity index is 837. The van der Waals surface area contributed by atoms with Crippen molar-refractivity contribution < 1.29 is 9.63 Å². The molecule has 3 rings (SSSR count). The van der Waals surface area contributed by atoms with E-state index in [0.29, 0.717) is 10.6 Å². The van der Waals surface area contributed by atoms with Gasteiger partial charge in [-0.05, 0) is 25.3 Å². The van der Waals surface area contributed by atoms with Crippen molar-refractivity contribution >= 4 is 34.4 Å². The largest absolute Gasteiger partial charge is 0.375 e. The highest BCUT2D eigenvalue weighted by Crippen LogP contribution is 2.28. The predicted molar refractivity (Wildman–Crippen MR) is 94.2 cm³/mol. The van der Waals surface area contributed by atoms with Crippen LogP contribution in [-0.4, -0.2) is 16.7 Å². The van der Waals surface area contributed by atoms with Crippen molar-refractivity contribution in [1.82, 2.24) is 4.98 Å². The quantitative estimate of drug-likeness (QED) is 0.390. The van der Waals surface area contributed by atoms with Crippen molar-refractivity contribution in [2.45, 2.75) is 13.8 Å². The topological polar surface area (TPSA) is 51.5 Å². The Balaban J connectivity index is 1.80. The number of carbonyl (C=O) groups excluding carboxylic acids is 1. The molecule has 0 N–H and O–H groups in total. The zero-order valence-corrected chi connectivity index (χ0v) is 14.3. The molecular weight excluding hydrogens is 328 g/mol. The summed E-state index contributed by atoms with van der Waals surface area (Å²) in [7, 11) is 0. The molecule has 1 aromatic carbocycles. The zero-order valence-electron chi connectivity index (χ0n) is 12.6. The summed E-state index contributed by atoms with van der Waals surface area (Å²) in [4.78, 5) is 22.9. The first-order valence-electron chi connectivity index (χ1n) is 6.98. The molecule has 3 aromatic rings. The summed E-state index contributed by atoms with van der Waals surface area (Å²) in [5, 5.41) is 6.72. The van der Waals surface area contributed by atoms with Gasteiger partial charge in [0, 0.05) is 5.56 Å². The van der Waals surface area contributed by atoms with Crippen LogP contribution in [0.4, 0.5) is 0 Å². The van der Waals surface area contributed by atoms with Gasteiger partial charge in [0.2, 0.25) is 0 Å². The fraction of sp³-hybridized carbons (Fsp3) is 0.118. The minimum absolute atomic E-state index is 0.440. The summed E-state index contributed by atoms with van der Waals surface area (Å²) >= 11 is 2.87. The minimum atomic E-state index is -0.440. The molecule has 0 bridgehead atoms. The first-order chi connectivity index (χ1) is 11.1. The van der Waals surface area contributed by atoms with E-state index in [1.807, 2.05) is 49.6 Å². The molecule has 0 saturated heterocycles. The number of hydrogen-bond acceptors (Lipinski definition) is 6. The van der Waals surface area contributed by atoms with Crippen molar-refractivity contribution in [1.29, 1.82) is 0 Å². The van der Waals surface area contributed by atoms with E-state index >= 15 is 0 Å². The molecule has 23 heavy (non-hydrogen) atoms. The molecule has 0 aliphatic rings. The first kappa shape index (κ1) is 15.6. The molecule has 116 valence electrons.